The van der Waals surface area contributed by atoms with E-state index < -0.39 is 0 Å². The molecule has 0 atom stereocenters. The molecule has 1 saturated heterocycles. The molecule has 170 valence electrons. The molecule has 2 aromatic rings. The zero-order chi connectivity index (χ0) is 22.8. The number of rotatable bonds is 8. The van der Waals surface area contributed by atoms with E-state index in [2.05, 4.69) is 16.0 Å². The third-order valence-corrected chi connectivity index (χ3v) is 5.36. The van der Waals surface area contributed by atoms with E-state index >= 15 is 0 Å². The first kappa shape index (κ1) is 23.3. The highest BCUT2D eigenvalue weighted by atomic mass is 16.2. The van der Waals surface area contributed by atoms with Gasteiger partial charge in [-0.1, -0.05) is 31.9 Å². The van der Waals surface area contributed by atoms with Gasteiger partial charge in [0.1, 0.15) is 0 Å². The van der Waals surface area contributed by atoms with Gasteiger partial charge in [0.2, 0.25) is 11.8 Å². The molecule has 1 fully saturated rings. The highest BCUT2D eigenvalue weighted by molar-refractivity contribution is 5.97. The van der Waals surface area contributed by atoms with Crippen LogP contribution in [-0.4, -0.2) is 42.3 Å². The van der Waals surface area contributed by atoms with Crippen LogP contribution in [0.5, 0.6) is 0 Å². The summed E-state index contributed by atoms with van der Waals surface area (Å²) in [6.45, 7) is 3.62. The quantitative estimate of drug-likeness (QED) is 0.569. The Morgan fingerprint density at radius 1 is 0.812 bits per heavy atom. The van der Waals surface area contributed by atoms with Crippen molar-refractivity contribution < 1.29 is 14.4 Å². The van der Waals surface area contributed by atoms with Gasteiger partial charge in [-0.25, -0.2) is 0 Å². The van der Waals surface area contributed by atoms with E-state index in [9.17, 15) is 14.4 Å². The minimum Gasteiger partial charge on any atom is -0.376 e. The van der Waals surface area contributed by atoms with Crippen LogP contribution >= 0.6 is 0 Å². The molecule has 7 nitrogen and oxygen atoms in total. The summed E-state index contributed by atoms with van der Waals surface area (Å²) in [4.78, 5) is 38.9. The largest absolute Gasteiger partial charge is 0.376 e. The number of likely N-dealkylation sites (tertiary alicyclic amines) is 1. The summed E-state index contributed by atoms with van der Waals surface area (Å²) in [5, 5.41) is 8.73. The Bertz CT molecular complexity index is 936. The molecular formula is C25H32N4O3. The number of nitrogens with one attached hydrogen (secondary N) is 3. The van der Waals surface area contributed by atoms with Gasteiger partial charge in [0.05, 0.1) is 6.54 Å². The van der Waals surface area contributed by atoms with Crippen LogP contribution < -0.4 is 16.0 Å². The third kappa shape index (κ3) is 7.11. The maximum atomic E-state index is 12.8. The molecule has 0 spiro atoms. The average molecular weight is 437 g/mol. The van der Waals surface area contributed by atoms with E-state index in [0.717, 1.165) is 38.0 Å². The van der Waals surface area contributed by atoms with E-state index in [4.69, 9.17) is 0 Å². The van der Waals surface area contributed by atoms with Gasteiger partial charge in [-0.05, 0) is 55.7 Å². The summed E-state index contributed by atoms with van der Waals surface area (Å²) in [6, 6.07) is 14.3. The predicted molar refractivity (Wildman–Crippen MR) is 128 cm³/mol. The fraction of sp³-hybridized carbons (Fsp3) is 0.400. The first-order chi connectivity index (χ1) is 15.5. The van der Waals surface area contributed by atoms with Crippen LogP contribution in [-0.2, 0) is 9.59 Å². The molecule has 2 aromatic carbocycles. The van der Waals surface area contributed by atoms with Crippen LogP contribution in [0.1, 0.15) is 55.8 Å². The topological polar surface area (TPSA) is 90.5 Å². The van der Waals surface area contributed by atoms with Gasteiger partial charge < -0.3 is 20.9 Å². The Labute approximate surface area is 189 Å². The van der Waals surface area contributed by atoms with Gasteiger partial charge in [-0.15, -0.1) is 0 Å². The molecule has 1 aliphatic heterocycles. The van der Waals surface area contributed by atoms with Gasteiger partial charge in [-0.3, -0.25) is 14.4 Å². The molecule has 32 heavy (non-hydrogen) atoms. The second-order valence-corrected chi connectivity index (χ2v) is 8.07. The van der Waals surface area contributed by atoms with Crippen LogP contribution in [0, 0.1) is 0 Å². The standard InChI is InChI=1S/C25H32N4O3/c1-2-9-23(30)27-21-12-8-13-22(17-21)28-24(31)18-26-20-11-7-10-19(16-20)25(32)29-14-5-3-4-6-15-29/h7-8,10-13,16-17,26H,2-6,9,14-15,18H2,1H3,(H,27,30)(H,28,31). The first-order valence-electron chi connectivity index (χ1n) is 11.4. The van der Waals surface area contributed by atoms with Crippen LogP contribution in [0.3, 0.4) is 0 Å². The van der Waals surface area contributed by atoms with Gasteiger partial charge in [0.25, 0.3) is 5.91 Å². The molecule has 1 heterocycles. The SMILES string of the molecule is CCCC(=O)Nc1cccc(NC(=O)CNc2cccc(C(=O)N3CCCCCC3)c2)c1. The Morgan fingerprint density at radius 2 is 1.44 bits per heavy atom. The van der Waals surface area contributed by atoms with E-state index in [1.54, 1.807) is 30.3 Å². The molecule has 3 N–H and O–H groups in total. The van der Waals surface area contributed by atoms with Crippen molar-refractivity contribution in [2.75, 3.05) is 35.6 Å². The summed E-state index contributed by atoms with van der Waals surface area (Å²) < 4.78 is 0. The lowest BCUT2D eigenvalue weighted by Gasteiger charge is -2.20. The molecule has 7 heteroatoms. The number of anilines is 3. The Kier molecular flexibility index (Phi) is 8.66. The van der Waals surface area contributed by atoms with Crippen LogP contribution in [0.2, 0.25) is 0 Å². The zero-order valence-corrected chi connectivity index (χ0v) is 18.7. The maximum absolute atomic E-state index is 12.8. The van der Waals surface area contributed by atoms with Crippen molar-refractivity contribution in [1.82, 2.24) is 4.90 Å². The normalized spacial score (nSPS) is 13.7. The summed E-state index contributed by atoms with van der Waals surface area (Å²) in [5.74, 6) is -0.222. The number of benzene rings is 2. The summed E-state index contributed by atoms with van der Waals surface area (Å²) in [6.07, 6.45) is 5.68. The molecule has 3 amide bonds. The minimum atomic E-state index is -0.216. The Hall–Kier alpha value is -3.35. The summed E-state index contributed by atoms with van der Waals surface area (Å²) >= 11 is 0. The number of nitrogens with zero attached hydrogens (tertiary/aromatic N) is 1. The minimum absolute atomic E-state index is 0.0435. The lowest BCUT2D eigenvalue weighted by Crippen LogP contribution is -2.31. The molecule has 0 saturated carbocycles. The smallest absolute Gasteiger partial charge is 0.253 e. The second-order valence-electron chi connectivity index (χ2n) is 8.07. The van der Waals surface area contributed by atoms with E-state index in [1.165, 1.54) is 12.8 Å². The van der Waals surface area contributed by atoms with Crippen LogP contribution in [0.4, 0.5) is 17.1 Å². The summed E-state index contributed by atoms with van der Waals surface area (Å²) in [5.41, 5.74) is 2.61. The van der Waals surface area contributed by atoms with E-state index in [-0.39, 0.29) is 24.3 Å². The van der Waals surface area contributed by atoms with Crippen molar-refractivity contribution in [2.45, 2.75) is 45.4 Å². The van der Waals surface area contributed by atoms with Crippen molar-refractivity contribution in [2.24, 2.45) is 0 Å². The highest BCUT2D eigenvalue weighted by Gasteiger charge is 2.17. The lowest BCUT2D eigenvalue weighted by atomic mass is 10.1. The van der Waals surface area contributed by atoms with Crippen molar-refractivity contribution in [3.8, 4) is 0 Å². The molecule has 3 rings (SSSR count). The second kappa shape index (κ2) is 11.9. The van der Waals surface area contributed by atoms with Crippen molar-refractivity contribution in [3.63, 3.8) is 0 Å². The number of hydrogen-bond donors (Lipinski definition) is 3. The van der Waals surface area contributed by atoms with Gasteiger partial charge >= 0.3 is 0 Å². The lowest BCUT2D eigenvalue weighted by molar-refractivity contribution is -0.116. The number of hydrogen-bond acceptors (Lipinski definition) is 4. The zero-order valence-electron chi connectivity index (χ0n) is 18.7. The summed E-state index contributed by atoms with van der Waals surface area (Å²) in [7, 11) is 0. The monoisotopic (exact) mass is 436 g/mol. The fourth-order valence-electron chi connectivity index (χ4n) is 3.73. The van der Waals surface area contributed by atoms with Crippen molar-refractivity contribution in [3.05, 3.63) is 54.1 Å². The predicted octanol–water partition coefficient (Wildman–Crippen LogP) is 4.49. The van der Waals surface area contributed by atoms with E-state index in [1.807, 2.05) is 30.0 Å². The average Bonchev–Trinajstić information content (AvgIpc) is 3.07. The third-order valence-electron chi connectivity index (χ3n) is 5.36. The van der Waals surface area contributed by atoms with Crippen LogP contribution in [0.15, 0.2) is 48.5 Å². The van der Waals surface area contributed by atoms with Gasteiger partial charge in [-0.2, -0.15) is 0 Å². The van der Waals surface area contributed by atoms with Crippen molar-refractivity contribution >= 4 is 34.8 Å². The Balaban J connectivity index is 1.53. The molecule has 1 aliphatic rings. The van der Waals surface area contributed by atoms with Gasteiger partial charge in [0.15, 0.2) is 0 Å². The molecule has 0 unspecified atom stereocenters. The molecule has 0 radical (unpaired) electrons. The number of carbonyl (C=O) groups is 3. The van der Waals surface area contributed by atoms with Crippen LogP contribution in [0.25, 0.3) is 0 Å². The maximum Gasteiger partial charge on any atom is 0.253 e. The number of amides is 3. The first-order valence-corrected chi connectivity index (χ1v) is 11.4. The van der Waals surface area contributed by atoms with E-state index in [0.29, 0.717) is 23.4 Å². The van der Waals surface area contributed by atoms with Gasteiger partial charge in [0, 0.05) is 42.1 Å². The fourth-order valence-corrected chi connectivity index (χ4v) is 3.73. The molecule has 0 aliphatic carbocycles. The molecular weight excluding hydrogens is 404 g/mol. The highest BCUT2D eigenvalue weighted by Crippen LogP contribution is 2.18. The molecule has 0 bridgehead atoms. The Morgan fingerprint density at radius 3 is 2.12 bits per heavy atom. The van der Waals surface area contributed by atoms with Crippen molar-refractivity contribution in [1.29, 1.82) is 0 Å². The molecule has 0 aromatic heterocycles. The number of carbonyl (C=O) groups excluding carboxylic acids is 3.